The molecule has 3 heterocycles. The molecule has 5 nitrogen and oxygen atoms in total. The molecule has 192 valence electrons. The number of para-hydroxylation sites is 2. The highest BCUT2D eigenvalue weighted by Crippen LogP contribution is 2.35. The van der Waals surface area contributed by atoms with E-state index in [-0.39, 0.29) is 5.97 Å². The van der Waals surface area contributed by atoms with E-state index in [1.807, 2.05) is 25.1 Å². The Balaban J connectivity index is 1.15. The van der Waals surface area contributed by atoms with E-state index in [4.69, 9.17) is 9.47 Å². The van der Waals surface area contributed by atoms with Crippen LogP contribution in [0.1, 0.15) is 54.4 Å². The maximum atomic E-state index is 12.2. The van der Waals surface area contributed by atoms with Crippen LogP contribution in [-0.2, 0) is 11.3 Å². The number of aryl methyl sites for hydroxylation is 1. The Morgan fingerprint density at radius 2 is 1.83 bits per heavy atom. The standard InChI is InChI=1S/C30H38N2O3S/c1-2-34-30(33)26-8-4-6-10-29(26)35-19-18-31-15-12-24(13-16-31)27-21-32(17-11-23-14-20-36-22-23)28-9-5-3-7-25(27)28/h3-10,21,23-24H,2,11-20,22H2,1H3. The van der Waals surface area contributed by atoms with Crippen molar-refractivity contribution in [1.82, 2.24) is 9.47 Å². The minimum Gasteiger partial charge on any atom is -0.491 e. The Kier molecular flexibility index (Phi) is 8.55. The summed E-state index contributed by atoms with van der Waals surface area (Å²) in [6.45, 7) is 6.90. The predicted octanol–water partition coefficient (Wildman–Crippen LogP) is 6.22. The molecule has 2 fully saturated rings. The number of hydrogen-bond acceptors (Lipinski definition) is 5. The summed E-state index contributed by atoms with van der Waals surface area (Å²) in [6.07, 6.45) is 7.48. The van der Waals surface area contributed by atoms with Gasteiger partial charge in [-0.3, -0.25) is 4.90 Å². The maximum Gasteiger partial charge on any atom is 0.341 e. The van der Waals surface area contributed by atoms with Crippen LogP contribution in [0.4, 0.5) is 0 Å². The monoisotopic (exact) mass is 506 g/mol. The van der Waals surface area contributed by atoms with Crippen molar-refractivity contribution in [2.45, 2.75) is 45.1 Å². The molecule has 2 saturated heterocycles. The molecule has 0 amide bonds. The van der Waals surface area contributed by atoms with Crippen LogP contribution in [0.15, 0.2) is 54.7 Å². The Bertz CT molecular complexity index is 1150. The van der Waals surface area contributed by atoms with E-state index in [0.717, 1.165) is 32.1 Å². The van der Waals surface area contributed by atoms with Gasteiger partial charge >= 0.3 is 5.97 Å². The van der Waals surface area contributed by atoms with Gasteiger partial charge in [-0.15, -0.1) is 0 Å². The van der Waals surface area contributed by atoms with Crippen LogP contribution in [-0.4, -0.2) is 59.8 Å². The number of rotatable bonds is 10. The van der Waals surface area contributed by atoms with Crippen molar-refractivity contribution >= 4 is 28.6 Å². The number of carbonyl (C=O) groups excluding carboxylic acids is 1. The number of piperidine rings is 1. The molecule has 0 saturated carbocycles. The number of fused-ring (bicyclic) bond motifs is 1. The second kappa shape index (κ2) is 12.2. The molecule has 0 bridgehead atoms. The first-order valence-electron chi connectivity index (χ1n) is 13.5. The van der Waals surface area contributed by atoms with Gasteiger partial charge in [0.05, 0.1) is 6.61 Å². The first-order valence-corrected chi connectivity index (χ1v) is 14.6. The predicted molar refractivity (Wildman–Crippen MR) is 148 cm³/mol. The van der Waals surface area contributed by atoms with Gasteiger partial charge in [-0.1, -0.05) is 30.3 Å². The molecule has 6 heteroatoms. The van der Waals surface area contributed by atoms with Crippen LogP contribution >= 0.6 is 11.8 Å². The van der Waals surface area contributed by atoms with Gasteiger partial charge in [0.25, 0.3) is 0 Å². The number of thioether (sulfide) groups is 1. The Labute approximate surface area is 219 Å². The minimum absolute atomic E-state index is 0.324. The first kappa shape index (κ1) is 25.2. The van der Waals surface area contributed by atoms with Crippen LogP contribution in [0.3, 0.4) is 0 Å². The zero-order valence-electron chi connectivity index (χ0n) is 21.4. The zero-order chi connectivity index (χ0) is 24.7. The average molecular weight is 507 g/mol. The summed E-state index contributed by atoms with van der Waals surface area (Å²) in [5.41, 5.74) is 3.43. The molecule has 2 aromatic carbocycles. The summed E-state index contributed by atoms with van der Waals surface area (Å²) in [6, 6.07) is 16.3. The highest BCUT2D eigenvalue weighted by atomic mass is 32.2. The molecule has 1 unspecified atom stereocenters. The Hall–Kier alpha value is -2.44. The van der Waals surface area contributed by atoms with Crippen molar-refractivity contribution in [2.75, 3.05) is 44.4 Å². The van der Waals surface area contributed by atoms with E-state index in [9.17, 15) is 4.79 Å². The molecule has 0 radical (unpaired) electrons. The smallest absolute Gasteiger partial charge is 0.341 e. The van der Waals surface area contributed by atoms with E-state index in [2.05, 4.69) is 51.7 Å². The molecule has 5 rings (SSSR count). The number of carbonyl (C=O) groups is 1. The van der Waals surface area contributed by atoms with Crippen molar-refractivity contribution in [1.29, 1.82) is 0 Å². The SMILES string of the molecule is CCOC(=O)c1ccccc1OCCN1CCC(c2cn(CCC3CCSC3)c3ccccc23)CC1. The fraction of sp³-hybridized carbons (Fsp3) is 0.500. The molecule has 1 aromatic heterocycles. The van der Waals surface area contributed by atoms with E-state index in [0.29, 0.717) is 30.4 Å². The number of esters is 1. The summed E-state index contributed by atoms with van der Waals surface area (Å²) >= 11 is 2.11. The van der Waals surface area contributed by atoms with Gasteiger partial charge in [0.1, 0.15) is 17.9 Å². The van der Waals surface area contributed by atoms with Gasteiger partial charge in [-0.25, -0.2) is 4.79 Å². The average Bonchev–Trinajstić information content (AvgIpc) is 3.56. The fourth-order valence-electron chi connectivity index (χ4n) is 5.64. The van der Waals surface area contributed by atoms with Crippen LogP contribution in [0.2, 0.25) is 0 Å². The van der Waals surface area contributed by atoms with Crippen LogP contribution in [0, 0.1) is 5.92 Å². The van der Waals surface area contributed by atoms with E-state index in [1.54, 1.807) is 6.07 Å². The third-order valence-corrected chi connectivity index (χ3v) is 8.93. The summed E-state index contributed by atoms with van der Waals surface area (Å²) in [4.78, 5) is 14.7. The number of hydrogen-bond donors (Lipinski definition) is 0. The molecular weight excluding hydrogens is 468 g/mol. The van der Waals surface area contributed by atoms with Crippen molar-refractivity contribution < 1.29 is 14.3 Å². The topological polar surface area (TPSA) is 43.7 Å². The summed E-state index contributed by atoms with van der Waals surface area (Å²) in [7, 11) is 0. The molecule has 2 aliphatic rings. The van der Waals surface area contributed by atoms with E-state index in [1.165, 1.54) is 53.7 Å². The minimum atomic E-state index is -0.324. The number of benzene rings is 2. The van der Waals surface area contributed by atoms with Crippen LogP contribution < -0.4 is 4.74 Å². The van der Waals surface area contributed by atoms with Crippen molar-refractivity contribution in [3.05, 3.63) is 65.9 Å². The van der Waals surface area contributed by atoms with Crippen molar-refractivity contribution in [2.24, 2.45) is 5.92 Å². The lowest BCUT2D eigenvalue weighted by molar-refractivity contribution is 0.0521. The van der Waals surface area contributed by atoms with Crippen LogP contribution in [0.5, 0.6) is 5.75 Å². The van der Waals surface area contributed by atoms with Crippen molar-refractivity contribution in [3.8, 4) is 5.75 Å². The normalized spacial score (nSPS) is 19.1. The largest absolute Gasteiger partial charge is 0.491 e. The summed E-state index contributed by atoms with van der Waals surface area (Å²) in [5, 5.41) is 1.44. The third kappa shape index (κ3) is 5.92. The van der Waals surface area contributed by atoms with Gasteiger partial charge in [-0.05, 0) is 92.8 Å². The lowest BCUT2D eigenvalue weighted by Crippen LogP contribution is -2.35. The molecule has 0 spiro atoms. The number of nitrogens with zero attached hydrogens (tertiary/aromatic N) is 2. The van der Waals surface area contributed by atoms with Gasteiger partial charge < -0.3 is 14.0 Å². The lowest BCUT2D eigenvalue weighted by atomic mass is 9.89. The molecule has 2 aliphatic heterocycles. The maximum absolute atomic E-state index is 12.2. The van der Waals surface area contributed by atoms with Gasteiger partial charge in [0, 0.05) is 30.2 Å². The Morgan fingerprint density at radius 3 is 2.64 bits per heavy atom. The highest BCUT2D eigenvalue weighted by Gasteiger charge is 2.24. The molecule has 1 atom stereocenters. The van der Waals surface area contributed by atoms with Crippen molar-refractivity contribution in [3.63, 3.8) is 0 Å². The molecule has 3 aromatic rings. The second-order valence-electron chi connectivity index (χ2n) is 9.99. The Morgan fingerprint density at radius 1 is 1.03 bits per heavy atom. The van der Waals surface area contributed by atoms with E-state index >= 15 is 0 Å². The van der Waals surface area contributed by atoms with Gasteiger partial charge in [0.15, 0.2) is 0 Å². The number of aromatic nitrogens is 1. The quantitative estimate of drug-likeness (QED) is 0.306. The summed E-state index contributed by atoms with van der Waals surface area (Å²) in [5.74, 6) is 4.45. The van der Waals surface area contributed by atoms with Crippen LogP contribution in [0.25, 0.3) is 10.9 Å². The number of ether oxygens (including phenoxy) is 2. The van der Waals surface area contributed by atoms with E-state index < -0.39 is 0 Å². The van der Waals surface area contributed by atoms with Gasteiger partial charge in [0.2, 0.25) is 0 Å². The molecule has 0 N–H and O–H groups in total. The second-order valence-corrected chi connectivity index (χ2v) is 11.1. The molecular formula is C30H38N2O3S. The third-order valence-electron chi connectivity index (χ3n) is 7.70. The summed E-state index contributed by atoms with van der Waals surface area (Å²) < 4.78 is 13.7. The fourth-order valence-corrected chi connectivity index (χ4v) is 6.97. The van der Waals surface area contributed by atoms with Gasteiger partial charge in [-0.2, -0.15) is 11.8 Å². The molecule has 0 aliphatic carbocycles. The number of likely N-dealkylation sites (tertiary alicyclic amines) is 1. The zero-order valence-corrected chi connectivity index (χ0v) is 22.2. The highest BCUT2D eigenvalue weighted by molar-refractivity contribution is 7.99. The first-order chi connectivity index (χ1) is 17.7. The molecule has 36 heavy (non-hydrogen) atoms. The lowest BCUT2D eigenvalue weighted by Gasteiger charge is -2.31.